The fraction of sp³-hybridized carbons (Fsp3) is 0.273. The summed E-state index contributed by atoms with van der Waals surface area (Å²) in [7, 11) is 0. The first-order valence-corrected chi connectivity index (χ1v) is 9.51. The fourth-order valence-corrected chi connectivity index (χ4v) is 3.39. The van der Waals surface area contributed by atoms with E-state index in [1.165, 1.54) is 0 Å². The number of aromatic nitrogens is 1. The molecule has 1 N–H and O–H groups in total. The smallest absolute Gasteiger partial charge is 0.257 e. The number of benzene rings is 2. The molecule has 0 atom stereocenters. The Morgan fingerprint density at radius 1 is 1.11 bits per heavy atom. The molecule has 0 bridgehead atoms. The Morgan fingerprint density at radius 3 is 2.54 bits per heavy atom. The SMILES string of the molecule is CCOc1ccc(NC(=O)c2cnc(N3CCOCC3)c3ccccc23)cc1. The van der Waals surface area contributed by atoms with Crippen molar-refractivity contribution in [2.45, 2.75) is 6.92 Å². The van der Waals surface area contributed by atoms with E-state index in [2.05, 4.69) is 15.2 Å². The van der Waals surface area contributed by atoms with Gasteiger partial charge in [0.2, 0.25) is 0 Å². The lowest BCUT2D eigenvalue weighted by Crippen LogP contribution is -2.37. The summed E-state index contributed by atoms with van der Waals surface area (Å²) in [5, 5.41) is 4.82. The van der Waals surface area contributed by atoms with Crippen molar-refractivity contribution in [3.8, 4) is 5.75 Å². The molecular weight excluding hydrogens is 354 g/mol. The van der Waals surface area contributed by atoms with Crippen molar-refractivity contribution in [1.29, 1.82) is 0 Å². The zero-order valence-corrected chi connectivity index (χ0v) is 15.9. The van der Waals surface area contributed by atoms with Crippen LogP contribution in [0.3, 0.4) is 0 Å². The van der Waals surface area contributed by atoms with E-state index in [-0.39, 0.29) is 5.91 Å². The molecule has 3 aromatic rings. The number of rotatable bonds is 5. The second kappa shape index (κ2) is 8.27. The van der Waals surface area contributed by atoms with Crippen molar-refractivity contribution in [3.05, 3.63) is 60.3 Å². The zero-order valence-electron chi connectivity index (χ0n) is 15.9. The quantitative estimate of drug-likeness (QED) is 0.734. The van der Waals surface area contributed by atoms with E-state index in [0.717, 1.165) is 41.1 Å². The molecule has 0 saturated carbocycles. The van der Waals surface area contributed by atoms with Crippen LogP contribution in [0.4, 0.5) is 11.5 Å². The average Bonchev–Trinajstić information content (AvgIpc) is 2.75. The summed E-state index contributed by atoms with van der Waals surface area (Å²) in [4.78, 5) is 19.7. The number of fused-ring (bicyclic) bond motifs is 1. The summed E-state index contributed by atoms with van der Waals surface area (Å²) in [5.74, 6) is 1.50. The average molecular weight is 377 g/mol. The molecule has 2 aromatic carbocycles. The van der Waals surface area contributed by atoms with Crippen LogP contribution in [0.15, 0.2) is 54.7 Å². The molecule has 0 radical (unpaired) electrons. The van der Waals surface area contributed by atoms with Gasteiger partial charge < -0.3 is 19.7 Å². The van der Waals surface area contributed by atoms with Crippen molar-refractivity contribution in [2.75, 3.05) is 43.1 Å². The second-order valence-electron chi connectivity index (χ2n) is 6.55. The van der Waals surface area contributed by atoms with Crippen LogP contribution in [-0.4, -0.2) is 43.8 Å². The van der Waals surface area contributed by atoms with Gasteiger partial charge in [0, 0.05) is 30.4 Å². The molecule has 28 heavy (non-hydrogen) atoms. The number of amides is 1. The van der Waals surface area contributed by atoms with Crippen molar-refractivity contribution in [3.63, 3.8) is 0 Å². The number of morpholine rings is 1. The summed E-state index contributed by atoms with van der Waals surface area (Å²) in [6, 6.07) is 15.3. The van der Waals surface area contributed by atoms with Crippen LogP contribution >= 0.6 is 0 Å². The minimum atomic E-state index is -0.179. The number of carbonyl (C=O) groups excluding carboxylic acids is 1. The van der Waals surface area contributed by atoms with Crippen LogP contribution in [0.5, 0.6) is 5.75 Å². The third kappa shape index (κ3) is 3.77. The molecule has 1 aliphatic rings. The number of nitrogens with zero attached hydrogens (tertiary/aromatic N) is 2. The number of hydrogen-bond donors (Lipinski definition) is 1. The highest BCUT2D eigenvalue weighted by Gasteiger charge is 2.19. The Balaban J connectivity index is 1.62. The van der Waals surface area contributed by atoms with Crippen molar-refractivity contribution < 1.29 is 14.3 Å². The van der Waals surface area contributed by atoms with Gasteiger partial charge in [-0.25, -0.2) is 4.98 Å². The maximum absolute atomic E-state index is 12.9. The van der Waals surface area contributed by atoms with Gasteiger partial charge in [0.05, 0.1) is 25.4 Å². The maximum atomic E-state index is 12.9. The van der Waals surface area contributed by atoms with Gasteiger partial charge in [-0.1, -0.05) is 24.3 Å². The number of anilines is 2. The van der Waals surface area contributed by atoms with Crippen molar-refractivity contribution in [2.24, 2.45) is 0 Å². The first-order valence-electron chi connectivity index (χ1n) is 9.51. The second-order valence-corrected chi connectivity index (χ2v) is 6.55. The van der Waals surface area contributed by atoms with E-state index in [1.54, 1.807) is 6.20 Å². The van der Waals surface area contributed by atoms with E-state index in [1.807, 2.05) is 55.5 Å². The molecule has 4 rings (SSSR count). The number of hydrogen-bond acceptors (Lipinski definition) is 5. The Kier molecular flexibility index (Phi) is 5.39. The number of nitrogens with one attached hydrogen (secondary N) is 1. The van der Waals surface area contributed by atoms with Crippen LogP contribution in [0.2, 0.25) is 0 Å². The minimum absolute atomic E-state index is 0.179. The number of pyridine rings is 1. The Morgan fingerprint density at radius 2 is 1.82 bits per heavy atom. The zero-order chi connectivity index (χ0) is 19.3. The van der Waals surface area contributed by atoms with Crippen LogP contribution in [-0.2, 0) is 4.74 Å². The van der Waals surface area contributed by atoms with Gasteiger partial charge in [-0.15, -0.1) is 0 Å². The molecule has 0 unspecified atom stereocenters. The molecule has 0 spiro atoms. The van der Waals surface area contributed by atoms with E-state index in [0.29, 0.717) is 25.4 Å². The largest absolute Gasteiger partial charge is 0.494 e. The summed E-state index contributed by atoms with van der Waals surface area (Å²) in [6.07, 6.45) is 1.66. The first kappa shape index (κ1) is 18.3. The molecular formula is C22H23N3O3. The molecule has 1 amide bonds. The van der Waals surface area contributed by atoms with Gasteiger partial charge >= 0.3 is 0 Å². The number of carbonyl (C=O) groups is 1. The van der Waals surface area contributed by atoms with E-state index in [4.69, 9.17) is 9.47 Å². The Labute approximate surface area is 164 Å². The first-order chi connectivity index (χ1) is 13.8. The van der Waals surface area contributed by atoms with Gasteiger partial charge in [-0.2, -0.15) is 0 Å². The van der Waals surface area contributed by atoms with E-state index in [9.17, 15) is 4.79 Å². The highest BCUT2D eigenvalue weighted by atomic mass is 16.5. The molecule has 2 heterocycles. The van der Waals surface area contributed by atoms with Crippen LogP contribution < -0.4 is 15.0 Å². The van der Waals surface area contributed by atoms with Crippen LogP contribution in [0.1, 0.15) is 17.3 Å². The predicted molar refractivity (Wildman–Crippen MR) is 110 cm³/mol. The molecule has 0 aliphatic carbocycles. The molecule has 1 aromatic heterocycles. The van der Waals surface area contributed by atoms with E-state index >= 15 is 0 Å². The molecule has 1 aliphatic heterocycles. The molecule has 1 saturated heterocycles. The Bertz CT molecular complexity index is 966. The van der Waals surface area contributed by atoms with Gasteiger partial charge in [0.15, 0.2) is 0 Å². The molecule has 1 fully saturated rings. The summed E-state index contributed by atoms with van der Waals surface area (Å²) < 4.78 is 10.9. The third-order valence-corrected chi connectivity index (χ3v) is 4.75. The lowest BCUT2D eigenvalue weighted by Gasteiger charge is -2.29. The lowest BCUT2D eigenvalue weighted by atomic mass is 10.1. The van der Waals surface area contributed by atoms with Crippen molar-refractivity contribution in [1.82, 2.24) is 4.98 Å². The minimum Gasteiger partial charge on any atom is -0.494 e. The van der Waals surface area contributed by atoms with Gasteiger partial charge in [-0.3, -0.25) is 4.79 Å². The van der Waals surface area contributed by atoms with Gasteiger partial charge in [0.1, 0.15) is 11.6 Å². The maximum Gasteiger partial charge on any atom is 0.257 e. The normalized spacial score (nSPS) is 14.1. The highest BCUT2D eigenvalue weighted by molar-refractivity contribution is 6.14. The van der Waals surface area contributed by atoms with Crippen molar-refractivity contribution >= 4 is 28.2 Å². The summed E-state index contributed by atoms with van der Waals surface area (Å²) in [6.45, 7) is 5.53. The molecule has 6 heteroatoms. The molecule has 6 nitrogen and oxygen atoms in total. The third-order valence-electron chi connectivity index (χ3n) is 4.75. The van der Waals surface area contributed by atoms with Gasteiger partial charge in [-0.05, 0) is 36.6 Å². The Hall–Kier alpha value is -3.12. The van der Waals surface area contributed by atoms with E-state index < -0.39 is 0 Å². The standard InChI is InChI=1S/C22H23N3O3/c1-2-28-17-9-7-16(8-10-17)24-22(26)20-15-23-21(25-11-13-27-14-12-25)19-6-4-3-5-18(19)20/h3-10,15H,2,11-14H2,1H3,(H,24,26). The molecule has 144 valence electrons. The fourth-order valence-electron chi connectivity index (χ4n) is 3.39. The summed E-state index contributed by atoms with van der Waals surface area (Å²) >= 11 is 0. The van der Waals surface area contributed by atoms with Crippen LogP contribution in [0.25, 0.3) is 10.8 Å². The predicted octanol–water partition coefficient (Wildman–Crippen LogP) is 3.72. The topological polar surface area (TPSA) is 63.7 Å². The monoisotopic (exact) mass is 377 g/mol. The van der Waals surface area contributed by atoms with Gasteiger partial charge in [0.25, 0.3) is 5.91 Å². The highest BCUT2D eigenvalue weighted by Crippen LogP contribution is 2.28. The summed E-state index contributed by atoms with van der Waals surface area (Å²) in [5.41, 5.74) is 1.27. The van der Waals surface area contributed by atoms with Crippen LogP contribution in [0, 0.1) is 0 Å². The number of ether oxygens (including phenoxy) is 2. The lowest BCUT2D eigenvalue weighted by molar-refractivity contribution is 0.102.